The Morgan fingerprint density at radius 2 is 1.89 bits per heavy atom. The minimum absolute atomic E-state index is 0.128. The van der Waals surface area contributed by atoms with Crippen LogP contribution < -0.4 is 9.47 Å². The zero-order chi connectivity index (χ0) is 20.5. The van der Waals surface area contributed by atoms with Crippen molar-refractivity contribution in [2.45, 2.75) is 20.3 Å². The first kappa shape index (κ1) is 21.0. The molecule has 2 rings (SSSR count). The van der Waals surface area contributed by atoms with Crippen LogP contribution in [0.3, 0.4) is 0 Å². The summed E-state index contributed by atoms with van der Waals surface area (Å²) in [5, 5.41) is 10.0. The van der Waals surface area contributed by atoms with E-state index in [0.29, 0.717) is 35.7 Å². The van der Waals surface area contributed by atoms with Crippen LogP contribution in [0.2, 0.25) is 0 Å². The second-order valence-corrected chi connectivity index (χ2v) is 6.53. The fourth-order valence-electron chi connectivity index (χ4n) is 2.54. The van der Waals surface area contributed by atoms with E-state index in [2.05, 4.69) is 6.58 Å². The SMILES string of the molecule is C=CCc1cc(/C=C/C(=O)c2ccc(OCC=C(C)C)cc2)c(OC)cc1O. The van der Waals surface area contributed by atoms with E-state index < -0.39 is 0 Å². The van der Waals surface area contributed by atoms with Crippen molar-refractivity contribution in [2.75, 3.05) is 13.7 Å². The van der Waals surface area contributed by atoms with Gasteiger partial charge in [-0.05, 0) is 74.4 Å². The first-order valence-corrected chi connectivity index (χ1v) is 9.04. The summed E-state index contributed by atoms with van der Waals surface area (Å²) in [6, 6.07) is 10.4. The van der Waals surface area contributed by atoms with Gasteiger partial charge < -0.3 is 14.6 Å². The molecule has 0 amide bonds. The number of hydrogen-bond donors (Lipinski definition) is 1. The number of phenolic OH excluding ortho intramolecular Hbond substituents is 1. The molecule has 28 heavy (non-hydrogen) atoms. The maximum Gasteiger partial charge on any atom is 0.185 e. The largest absolute Gasteiger partial charge is 0.508 e. The fraction of sp³-hybridized carbons (Fsp3) is 0.208. The van der Waals surface area contributed by atoms with Gasteiger partial charge in [0, 0.05) is 17.2 Å². The molecule has 4 heteroatoms. The van der Waals surface area contributed by atoms with Gasteiger partial charge in [0.2, 0.25) is 0 Å². The van der Waals surface area contributed by atoms with Crippen LogP contribution in [0.5, 0.6) is 17.2 Å². The Morgan fingerprint density at radius 3 is 2.50 bits per heavy atom. The molecule has 0 unspecified atom stereocenters. The number of allylic oxidation sites excluding steroid dienone is 3. The summed E-state index contributed by atoms with van der Waals surface area (Å²) >= 11 is 0. The highest BCUT2D eigenvalue weighted by molar-refractivity contribution is 6.07. The summed E-state index contributed by atoms with van der Waals surface area (Å²) in [7, 11) is 1.52. The topological polar surface area (TPSA) is 55.8 Å². The molecule has 0 aromatic heterocycles. The molecule has 0 heterocycles. The van der Waals surface area contributed by atoms with Crippen molar-refractivity contribution < 1.29 is 19.4 Å². The van der Waals surface area contributed by atoms with E-state index in [1.807, 2.05) is 19.9 Å². The third-order valence-corrected chi connectivity index (χ3v) is 4.09. The smallest absolute Gasteiger partial charge is 0.185 e. The zero-order valence-electron chi connectivity index (χ0n) is 16.6. The van der Waals surface area contributed by atoms with Crippen LogP contribution in [0.15, 0.2) is 66.8 Å². The lowest BCUT2D eigenvalue weighted by Crippen LogP contribution is -1.97. The molecule has 4 nitrogen and oxygen atoms in total. The average molecular weight is 378 g/mol. The van der Waals surface area contributed by atoms with Gasteiger partial charge in [0.15, 0.2) is 5.78 Å². The second kappa shape index (κ2) is 10.2. The Kier molecular flexibility index (Phi) is 7.64. The molecule has 1 N–H and O–H groups in total. The quantitative estimate of drug-likeness (QED) is 0.362. The monoisotopic (exact) mass is 378 g/mol. The van der Waals surface area contributed by atoms with Crippen LogP contribution in [0.1, 0.15) is 35.3 Å². The molecule has 0 saturated heterocycles. The van der Waals surface area contributed by atoms with Gasteiger partial charge >= 0.3 is 0 Å². The van der Waals surface area contributed by atoms with Crippen LogP contribution in [-0.2, 0) is 6.42 Å². The van der Waals surface area contributed by atoms with Gasteiger partial charge in [-0.1, -0.05) is 11.6 Å². The van der Waals surface area contributed by atoms with Gasteiger partial charge in [-0.3, -0.25) is 4.79 Å². The number of aromatic hydroxyl groups is 1. The normalized spacial score (nSPS) is 10.5. The number of hydrogen-bond acceptors (Lipinski definition) is 4. The van der Waals surface area contributed by atoms with E-state index >= 15 is 0 Å². The van der Waals surface area contributed by atoms with Crippen LogP contribution in [0.25, 0.3) is 6.08 Å². The molecular weight excluding hydrogens is 352 g/mol. The third kappa shape index (κ3) is 5.88. The number of rotatable bonds is 9. The molecule has 0 fully saturated rings. The highest BCUT2D eigenvalue weighted by Gasteiger charge is 2.08. The highest BCUT2D eigenvalue weighted by atomic mass is 16.5. The second-order valence-electron chi connectivity index (χ2n) is 6.53. The summed E-state index contributed by atoms with van der Waals surface area (Å²) in [6.07, 6.45) is 7.41. The lowest BCUT2D eigenvalue weighted by Gasteiger charge is -2.09. The Morgan fingerprint density at radius 1 is 1.18 bits per heavy atom. The molecule has 0 spiro atoms. The van der Waals surface area contributed by atoms with Crippen LogP contribution >= 0.6 is 0 Å². The van der Waals surface area contributed by atoms with Gasteiger partial charge in [0.05, 0.1) is 7.11 Å². The molecule has 0 radical (unpaired) electrons. The Balaban J connectivity index is 2.13. The minimum atomic E-state index is -0.128. The Hall–Kier alpha value is -3.27. The molecular formula is C24H26O4. The van der Waals surface area contributed by atoms with Gasteiger partial charge in [-0.15, -0.1) is 6.58 Å². The third-order valence-electron chi connectivity index (χ3n) is 4.09. The van der Waals surface area contributed by atoms with E-state index in [0.717, 1.165) is 5.56 Å². The van der Waals surface area contributed by atoms with Crippen molar-refractivity contribution in [3.8, 4) is 17.2 Å². The molecule has 0 aliphatic rings. The van der Waals surface area contributed by atoms with Gasteiger partial charge in [0.25, 0.3) is 0 Å². The molecule has 146 valence electrons. The molecule has 0 bridgehead atoms. The van der Waals surface area contributed by atoms with Crippen molar-refractivity contribution in [1.29, 1.82) is 0 Å². The van der Waals surface area contributed by atoms with E-state index in [-0.39, 0.29) is 11.5 Å². The minimum Gasteiger partial charge on any atom is -0.508 e. The summed E-state index contributed by atoms with van der Waals surface area (Å²) in [4.78, 5) is 12.5. The van der Waals surface area contributed by atoms with Crippen molar-refractivity contribution in [3.63, 3.8) is 0 Å². The summed E-state index contributed by atoms with van der Waals surface area (Å²) in [5.41, 5.74) is 3.20. The molecule has 2 aromatic carbocycles. The van der Waals surface area contributed by atoms with Gasteiger partial charge in [0.1, 0.15) is 23.9 Å². The summed E-state index contributed by atoms with van der Waals surface area (Å²) < 4.78 is 10.9. The van der Waals surface area contributed by atoms with E-state index in [1.165, 1.54) is 18.8 Å². The maximum absolute atomic E-state index is 12.5. The standard InChI is InChI=1S/C24H26O4/c1-5-6-19-15-20(24(27-4)16-23(19)26)9-12-22(25)18-7-10-21(11-8-18)28-14-13-17(2)3/h5,7-13,15-16,26H,1,6,14H2,2-4H3/b12-9+. The molecule has 0 atom stereocenters. The molecule has 0 aliphatic carbocycles. The molecule has 0 saturated carbocycles. The predicted octanol–water partition coefficient (Wildman–Crippen LogP) is 5.37. The zero-order valence-corrected chi connectivity index (χ0v) is 16.6. The Bertz CT molecular complexity index is 886. The molecule has 0 aliphatic heterocycles. The lowest BCUT2D eigenvalue weighted by molar-refractivity contribution is 0.104. The van der Waals surface area contributed by atoms with Crippen molar-refractivity contribution in [3.05, 3.63) is 83.5 Å². The highest BCUT2D eigenvalue weighted by Crippen LogP contribution is 2.30. The predicted molar refractivity (Wildman–Crippen MR) is 113 cm³/mol. The van der Waals surface area contributed by atoms with Gasteiger partial charge in [-0.2, -0.15) is 0 Å². The molecule has 2 aromatic rings. The van der Waals surface area contributed by atoms with Crippen molar-refractivity contribution in [1.82, 2.24) is 0 Å². The fourth-order valence-corrected chi connectivity index (χ4v) is 2.54. The maximum atomic E-state index is 12.5. The first-order valence-electron chi connectivity index (χ1n) is 9.04. The number of ketones is 1. The number of phenols is 1. The van der Waals surface area contributed by atoms with Gasteiger partial charge in [-0.25, -0.2) is 0 Å². The van der Waals surface area contributed by atoms with Crippen molar-refractivity contribution in [2.24, 2.45) is 0 Å². The number of methoxy groups -OCH3 is 1. The van der Waals surface area contributed by atoms with E-state index in [1.54, 1.807) is 48.6 Å². The van der Waals surface area contributed by atoms with Crippen LogP contribution in [0, 0.1) is 0 Å². The van der Waals surface area contributed by atoms with Crippen molar-refractivity contribution >= 4 is 11.9 Å². The number of benzene rings is 2. The summed E-state index contributed by atoms with van der Waals surface area (Å²) in [6.45, 7) is 8.22. The van der Waals surface area contributed by atoms with E-state index in [4.69, 9.17) is 9.47 Å². The lowest BCUT2D eigenvalue weighted by atomic mass is 10.0. The average Bonchev–Trinajstić information content (AvgIpc) is 2.68. The number of carbonyl (C=O) groups is 1. The number of carbonyl (C=O) groups excluding carboxylic acids is 1. The first-order chi connectivity index (χ1) is 13.4. The van der Waals surface area contributed by atoms with Crippen LogP contribution in [0.4, 0.5) is 0 Å². The number of ether oxygens (including phenoxy) is 2. The summed E-state index contributed by atoms with van der Waals surface area (Å²) in [5.74, 6) is 1.23. The van der Waals surface area contributed by atoms with Crippen LogP contribution in [-0.4, -0.2) is 24.6 Å². The Labute approximate surface area is 166 Å². The van der Waals surface area contributed by atoms with E-state index in [9.17, 15) is 9.90 Å².